The molecule has 1 atom stereocenters. The molecule has 1 unspecified atom stereocenters. The summed E-state index contributed by atoms with van der Waals surface area (Å²) in [6.45, 7) is 4.60. The Morgan fingerprint density at radius 2 is 2.24 bits per heavy atom. The molecule has 1 aliphatic heterocycles. The van der Waals surface area contributed by atoms with Gasteiger partial charge in [-0.25, -0.2) is 4.39 Å². The second kappa shape index (κ2) is 5.96. The Balaban J connectivity index is 1.90. The fourth-order valence-corrected chi connectivity index (χ4v) is 2.88. The van der Waals surface area contributed by atoms with Crippen molar-refractivity contribution in [2.45, 2.75) is 38.6 Å². The summed E-state index contributed by atoms with van der Waals surface area (Å²) in [5.41, 5.74) is 1.20. The number of hydrogen-bond acceptors (Lipinski definition) is 1. The zero-order valence-corrected chi connectivity index (χ0v) is 11.8. The van der Waals surface area contributed by atoms with Crippen molar-refractivity contribution in [1.82, 2.24) is 4.90 Å². The lowest BCUT2D eigenvalue weighted by molar-refractivity contribution is 0.163. The van der Waals surface area contributed by atoms with Crippen LogP contribution in [0.25, 0.3) is 0 Å². The predicted octanol–water partition coefficient (Wildman–Crippen LogP) is 4.01. The van der Waals surface area contributed by atoms with Crippen molar-refractivity contribution in [2.24, 2.45) is 0 Å². The Bertz CT molecular complexity index is 380. The van der Waals surface area contributed by atoms with E-state index < -0.39 is 0 Å². The summed E-state index contributed by atoms with van der Waals surface area (Å²) in [6.07, 6.45) is 4.99. The van der Waals surface area contributed by atoms with E-state index in [1.165, 1.54) is 31.4 Å². The molecule has 0 bridgehead atoms. The lowest BCUT2D eigenvalue weighted by Crippen LogP contribution is -2.38. The molecule has 1 nitrogen and oxygen atoms in total. The van der Waals surface area contributed by atoms with Gasteiger partial charge in [-0.15, -0.1) is 0 Å². The number of piperidine rings is 1. The standard InChI is InChI=1S/C14H19BrFN/c1-11-4-2-3-8-17(11)9-7-12-5-6-14(16)13(15)10-12/h5-6,10-11H,2-4,7-9H2,1H3. The van der Waals surface area contributed by atoms with E-state index in [2.05, 4.69) is 27.8 Å². The first-order valence-electron chi connectivity index (χ1n) is 6.35. The number of benzene rings is 1. The Hall–Kier alpha value is -0.410. The van der Waals surface area contributed by atoms with Crippen molar-refractivity contribution in [2.75, 3.05) is 13.1 Å². The Labute approximate surface area is 111 Å². The SMILES string of the molecule is CC1CCCCN1CCc1ccc(F)c(Br)c1. The molecular weight excluding hydrogens is 281 g/mol. The van der Waals surface area contributed by atoms with Crippen molar-refractivity contribution >= 4 is 15.9 Å². The van der Waals surface area contributed by atoms with Gasteiger partial charge in [0.15, 0.2) is 0 Å². The molecule has 1 saturated heterocycles. The van der Waals surface area contributed by atoms with Crippen molar-refractivity contribution in [3.05, 3.63) is 34.1 Å². The second-order valence-corrected chi connectivity index (χ2v) is 5.73. The van der Waals surface area contributed by atoms with E-state index >= 15 is 0 Å². The molecule has 94 valence electrons. The normalized spacial score (nSPS) is 21.7. The van der Waals surface area contributed by atoms with Gasteiger partial charge < -0.3 is 4.90 Å². The summed E-state index contributed by atoms with van der Waals surface area (Å²) in [6, 6.07) is 6.02. The van der Waals surface area contributed by atoms with Gasteiger partial charge in [-0.3, -0.25) is 0 Å². The summed E-state index contributed by atoms with van der Waals surface area (Å²) in [7, 11) is 0. The van der Waals surface area contributed by atoms with Gasteiger partial charge in [-0.1, -0.05) is 12.5 Å². The van der Waals surface area contributed by atoms with E-state index in [4.69, 9.17) is 0 Å². The highest BCUT2D eigenvalue weighted by atomic mass is 79.9. The molecule has 0 radical (unpaired) electrons. The third-order valence-electron chi connectivity index (χ3n) is 3.61. The van der Waals surface area contributed by atoms with Crippen LogP contribution in [0.15, 0.2) is 22.7 Å². The molecule has 0 aliphatic carbocycles. The van der Waals surface area contributed by atoms with Crippen LogP contribution in [0.4, 0.5) is 4.39 Å². The molecule has 1 aromatic rings. The van der Waals surface area contributed by atoms with E-state index in [1.807, 2.05) is 12.1 Å². The fourth-order valence-electron chi connectivity index (χ4n) is 2.46. The third kappa shape index (κ3) is 3.52. The first-order chi connectivity index (χ1) is 8.16. The molecular formula is C14H19BrFN. The molecule has 0 spiro atoms. The zero-order valence-electron chi connectivity index (χ0n) is 10.3. The maximum absolute atomic E-state index is 13.1. The maximum Gasteiger partial charge on any atom is 0.137 e. The predicted molar refractivity (Wildman–Crippen MR) is 72.7 cm³/mol. The average Bonchev–Trinajstić information content (AvgIpc) is 2.32. The maximum atomic E-state index is 13.1. The molecule has 0 N–H and O–H groups in total. The molecule has 0 aromatic heterocycles. The first kappa shape index (κ1) is 13.0. The molecule has 0 saturated carbocycles. The van der Waals surface area contributed by atoms with E-state index in [0.29, 0.717) is 10.5 Å². The van der Waals surface area contributed by atoms with Crippen LogP contribution in [-0.2, 0) is 6.42 Å². The monoisotopic (exact) mass is 299 g/mol. The number of hydrogen-bond donors (Lipinski definition) is 0. The molecule has 3 heteroatoms. The molecule has 2 rings (SSSR count). The van der Waals surface area contributed by atoms with Crippen LogP contribution in [-0.4, -0.2) is 24.0 Å². The minimum absolute atomic E-state index is 0.180. The zero-order chi connectivity index (χ0) is 12.3. The van der Waals surface area contributed by atoms with Gasteiger partial charge in [0.05, 0.1) is 4.47 Å². The quantitative estimate of drug-likeness (QED) is 0.815. The van der Waals surface area contributed by atoms with Gasteiger partial charge in [-0.2, -0.15) is 0 Å². The van der Waals surface area contributed by atoms with Crippen molar-refractivity contribution < 1.29 is 4.39 Å². The first-order valence-corrected chi connectivity index (χ1v) is 7.14. The van der Waals surface area contributed by atoms with Gasteiger partial charge >= 0.3 is 0 Å². The fraction of sp³-hybridized carbons (Fsp3) is 0.571. The smallest absolute Gasteiger partial charge is 0.137 e. The van der Waals surface area contributed by atoms with Gasteiger partial charge in [-0.05, 0) is 66.4 Å². The Morgan fingerprint density at radius 3 is 2.94 bits per heavy atom. The number of nitrogens with zero attached hydrogens (tertiary/aromatic N) is 1. The van der Waals surface area contributed by atoms with E-state index in [1.54, 1.807) is 6.07 Å². The minimum atomic E-state index is -0.180. The third-order valence-corrected chi connectivity index (χ3v) is 4.22. The van der Waals surface area contributed by atoms with E-state index in [-0.39, 0.29) is 5.82 Å². The number of rotatable bonds is 3. The molecule has 1 aliphatic rings. The Morgan fingerprint density at radius 1 is 1.41 bits per heavy atom. The van der Waals surface area contributed by atoms with Crippen LogP contribution in [0.2, 0.25) is 0 Å². The summed E-state index contributed by atoms with van der Waals surface area (Å²) in [5, 5.41) is 0. The number of likely N-dealkylation sites (tertiary alicyclic amines) is 1. The van der Waals surface area contributed by atoms with Gasteiger partial charge in [0, 0.05) is 12.6 Å². The van der Waals surface area contributed by atoms with Crippen molar-refractivity contribution in [1.29, 1.82) is 0 Å². The summed E-state index contributed by atoms with van der Waals surface area (Å²) in [5.74, 6) is -0.180. The Kier molecular flexibility index (Phi) is 4.57. The van der Waals surface area contributed by atoms with Crippen LogP contribution in [0.3, 0.4) is 0 Å². The van der Waals surface area contributed by atoms with Crippen molar-refractivity contribution in [3.63, 3.8) is 0 Å². The molecule has 0 amide bonds. The molecule has 1 fully saturated rings. The highest BCUT2D eigenvalue weighted by Crippen LogP contribution is 2.19. The van der Waals surface area contributed by atoms with Crippen LogP contribution in [0.5, 0.6) is 0 Å². The highest BCUT2D eigenvalue weighted by molar-refractivity contribution is 9.10. The van der Waals surface area contributed by atoms with Gasteiger partial charge in [0.25, 0.3) is 0 Å². The van der Waals surface area contributed by atoms with Crippen molar-refractivity contribution in [3.8, 4) is 0 Å². The molecule has 17 heavy (non-hydrogen) atoms. The topological polar surface area (TPSA) is 3.24 Å². The van der Waals surface area contributed by atoms with Crippen LogP contribution >= 0.6 is 15.9 Å². The summed E-state index contributed by atoms with van der Waals surface area (Å²) < 4.78 is 13.7. The average molecular weight is 300 g/mol. The lowest BCUT2D eigenvalue weighted by atomic mass is 10.0. The van der Waals surface area contributed by atoms with E-state index in [9.17, 15) is 4.39 Å². The largest absolute Gasteiger partial charge is 0.300 e. The summed E-state index contributed by atoms with van der Waals surface area (Å²) in [4.78, 5) is 2.54. The lowest BCUT2D eigenvalue weighted by Gasteiger charge is -2.33. The van der Waals surface area contributed by atoms with Crippen LogP contribution < -0.4 is 0 Å². The van der Waals surface area contributed by atoms with Crippen LogP contribution in [0, 0.1) is 5.82 Å². The number of halogens is 2. The highest BCUT2D eigenvalue weighted by Gasteiger charge is 2.17. The molecule has 1 aromatic carbocycles. The van der Waals surface area contributed by atoms with Crippen LogP contribution in [0.1, 0.15) is 31.7 Å². The van der Waals surface area contributed by atoms with E-state index in [0.717, 1.165) is 13.0 Å². The molecule has 1 heterocycles. The van der Waals surface area contributed by atoms with Gasteiger partial charge in [0.1, 0.15) is 5.82 Å². The summed E-state index contributed by atoms with van der Waals surface area (Å²) >= 11 is 3.24. The second-order valence-electron chi connectivity index (χ2n) is 4.88. The minimum Gasteiger partial charge on any atom is -0.300 e. The van der Waals surface area contributed by atoms with Gasteiger partial charge in [0.2, 0.25) is 0 Å².